The van der Waals surface area contributed by atoms with Gasteiger partial charge in [-0.05, 0) is 24.6 Å². The lowest BCUT2D eigenvalue weighted by Crippen LogP contribution is -2.41. The maximum absolute atomic E-state index is 11.8. The largest absolute Gasteiger partial charge is 0.493 e. The number of methoxy groups -OCH3 is 2. The highest BCUT2D eigenvalue weighted by atomic mass is 32.1. The van der Waals surface area contributed by atoms with Gasteiger partial charge in [0, 0.05) is 0 Å². The Morgan fingerprint density at radius 2 is 2.00 bits per heavy atom. The van der Waals surface area contributed by atoms with Crippen molar-refractivity contribution >= 4 is 23.1 Å². The van der Waals surface area contributed by atoms with Gasteiger partial charge in [-0.25, -0.2) is 0 Å². The molecule has 0 heterocycles. The summed E-state index contributed by atoms with van der Waals surface area (Å²) in [7, 11) is 3.12. The van der Waals surface area contributed by atoms with Crippen LogP contribution in [-0.2, 0) is 11.2 Å². The van der Waals surface area contributed by atoms with E-state index < -0.39 is 0 Å². The second kappa shape index (κ2) is 6.94. The van der Waals surface area contributed by atoms with Gasteiger partial charge in [-0.2, -0.15) is 0 Å². The average molecular weight is 282 g/mol. The maximum Gasteiger partial charge on any atom is 0.224 e. The zero-order chi connectivity index (χ0) is 14.4. The Hall–Kier alpha value is -1.82. The van der Waals surface area contributed by atoms with Crippen LogP contribution in [0.5, 0.6) is 11.5 Å². The first kappa shape index (κ1) is 15.2. The van der Waals surface area contributed by atoms with Crippen molar-refractivity contribution in [2.75, 3.05) is 14.2 Å². The van der Waals surface area contributed by atoms with E-state index in [1.165, 1.54) is 0 Å². The Bertz CT molecular complexity index is 477. The molecule has 0 aromatic heterocycles. The van der Waals surface area contributed by atoms with Gasteiger partial charge in [0.25, 0.3) is 0 Å². The zero-order valence-corrected chi connectivity index (χ0v) is 12.0. The summed E-state index contributed by atoms with van der Waals surface area (Å²) in [5.41, 5.74) is 6.27. The molecule has 0 saturated heterocycles. The number of hydrogen-bond acceptors (Lipinski definition) is 4. The molecule has 1 rings (SSSR count). The number of amides is 1. The number of nitrogens with two attached hydrogens (primary N) is 1. The molecule has 0 bridgehead atoms. The van der Waals surface area contributed by atoms with Crippen molar-refractivity contribution < 1.29 is 14.3 Å². The van der Waals surface area contributed by atoms with E-state index >= 15 is 0 Å². The van der Waals surface area contributed by atoms with Crippen LogP contribution in [0.4, 0.5) is 0 Å². The Kier molecular flexibility index (Phi) is 5.57. The van der Waals surface area contributed by atoms with Crippen molar-refractivity contribution in [2.45, 2.75) is 19.4 Å². The minimum absolute atomic E-state index is 0.146. The smallest absolute Gasteiger partial charge is 0.224 e. The summed E-state index contributed by atoms with van der Waals surface area (Å²) < 4.78 is 10.3. The van der Waals surface area contributed by atoms with Crippen molar-refractivity contribution in [1.82, 2.24) is 5.32 Å². The van der Waals surface area contributed by atoms with E-state index in [0.29, 0.717) is 11.5 Å². The highest BCUT2D eigenvalue weighted by Gasteiger charge is 2.11. The summed E-state index contributed by atoms with van der Waals surface area (Å²) >= 11 is 4.80. The molecule has 1 aromatic carbocycles. The minimum Gasteiger partial charge on any atom is -0.493 e. The third-order valence-electron chi connectivity index (χ3n) is 2.62. The van der Waals surface area contributed by atoms with Gasteiger partial charge in [0.15, 0.2) is 11.5 Å². The first-order valence-electron chi connectivity index (χ1n) is 5.77. The van der Waals surface area contributed by atoms with Crippen molar-refractivity contribution in [2.24, 2.45) is 5.73 Å². The molecule has 1 unspecified atom stereocenters. The molecule has 0 saturated carbocycles. The van der Waals surface area contributed by atoms with E-state index in [0.717, 1.165) is 5.56 Å². The van der Waals surface area contributed by atoms with Gasteiger partial charge >= 0.3 is 0 Å². The quantitative estimate of drug-likeness (QED) is 0.763. The minimum atomic E-state index is -0.317. The molecule has 0 radical (unpaired) electrons. The van der Waals surface area contributed by atoms with Gasteiger partial charge in [-0.15, -0.1) is 0 Å². The molecule has 0 aliphatic carbocycles. The van der Waals surface area contributed by atoms with Crippen LogP contribution >= 0.6 is 12.2 Å². The molecule has 1 atom stereocenters. The third-order valence-corrected chi connectivity index (χ3v) is 2.97. The predicted molar refractivity (Wildman–Crippen MR) is 77.6 cm³/mol. The van der Waals surface area contributed by atoms with E-state index in [-0.39, 0.29) is 23.4 Å². The first-order chi connectivity index (χ1) is 8.97. The summed E-state index contributed by atoms with van der Waals surface area (Å²) in [6, 6.07) is 5.02. The third kappa shape index (κ3) is 4.40. The van der Waals surface area contributed by atoms with Gasteiger partial charge in [-0.3, -0.25) is 4.79 Å². The number of thiocarbonyl (C=S) groups is 1. The van der Waals surface area contributed by atoms with Gasteiger partial charge in [0.05, 0.1) is 31.7 Å². The van der Waals surface area contributed by atoms with Crippen molar-refractivity contribution in [3.63, 3.8) is 0 Å². The monoisotopic (exact) mass is 282 g/mol. The van der Waals surface area contributed by atoms with Gasteiger partial charge < -0.3 is 20.5 Å². The molecule has 19 heavy (non-hydrogen) atoms. The number of carbonyl (C=O) groups is 1. The van der Waals surface area contributed by atoms with Gasteiger partial charge in [0.2, 0.25) is 5.91 Å². The summed E-state index contributed by atoms with van der Waals surface area (Å²) in [5, 5.41) is 2.72. The van der Waals surface area contributed by atoms with E-state index in [1.54, 1.807) is 33.3 Å². The number of carbonyl (C=O) groups excluding carboxylic acids is 1. The summed E-state index contributed by atoms with van der Waals surface area (Å²) in [4.78, 5) is 12.0. The molecule has 104 valence electrons. The van der Waals surface area contributed by atoms with Crippen molar-refractivity contribution in [1.29, 1.82) is 0 Å². The molecular formula is C13H18N2O3S. The number of ether oxygens (including phenoxy) is 2. The Balaban J connectivity index is 2.72. The van der Waals surface area contributed by atoms with Crippen LogP contribution in [0, 0.1) is 0 Å². The van der Waals surface area contributed by atoms with E-state index in [2.05, 4.69) is 5.32 Å². The first-order valence-corrected chi connectivity index (χ1v) is 6.18. The molecule has 3 N–H and O–H groups in total. The van der Waals surface area contributed by atoms with Gasteiger partial charge in [-0.1, -0.05) is 18.3 Å². The fourth-order valence-corrected chi connectivity index (χ4v) is 1.60. The van der Waals surface area contributed by atoms with E-state index in [4.69, 9.17) is 27.4 Å². The lowest BCUT2D eigenvalue weighted by Gasteiger charge is -2.13. The van der Waals surface area contributed by atoms with Gasteiger partial charge in [0.1, 0.15) is 0 Å². The molecule has 6 heteroatoms. The number of hydrogen-bond donors (Lipinski definition) is 2. The fourth-order valence-electron chi connectivity index (χ4n) is 1.54. The van der Waals surface area contributed by atoms with Crippen molar-refractivity contribution in [3.05, 3.63) is 23.8 Å². The summed E-state index contributed by atoms with van der Waals surface area (Å²) in [6.45, 7) is 1.74. The Morgan fingerprint density at radius 3 is 2.53 bits per heavy atom. The zero-order valence-electron chi connectivity index (χ0n) is 11.2. The van der Waals surface area contributed by atoms with Crippen LogP contribution in [0.2, 0.25) is 0 Å². The van der Waals surface area contributed by atoms with Crippen LogP contribution in [-0.4, -0.2) is 31.2 Å². The van der Waals surface area contributed by atoms with Crippen LogP contribution < -0.4 is 20.5 Å². The highest BCUT2D eigenvalue weighted by Crippen LogP contribution is 2.27. The van der Waals surface area contributed by atoms with Crippen molar-refractivity contribution in [3.8, 4) is 11.5 Å². The molecule has 0 aliphatic rings. The second-order valence-corrected chi connectivity index (χ2v) is 4.53. The topological polar surface area (TPSA) is 73.6 Å². The standard InChI is InChI=1S/C13H18N2O3S/c1-8(13(14)19)15-12(16)7-9-4-5-10(17-2)11(6-9)18-3/h4-6,8H,7H2,1-3H3,(H2,14,19)(H,15,16). The van der Waals surface area contributed by atoms with Crippen LogP contribution in [0.15, 0.2) is 18.2 Å². The molecule has 5 nitrogen and oxygen atoms in total. The number of nitrogens with one attached hydrogen (secondary N) is 1. The second-order valence-electron chi connectivity index (χ2n) is 4.06. The fraction of sp³-hybridized carbons (Fsp3) is 0.385. The van der Waals surface area contributed by atoms with Crippen LogP contribution in [0.1, 0.15) is 12.5 Å². The Labute approximate surface area is 118 Å². The van der Waals surface area contributed by atoms with E-state index in [1.807, 2.05) is 6.07 Å². The molecule has 0 aliphatic heterocycles. The lowest BCUT2D eigenvalue weighted by molar-refractivity contribution is -0.120. The average Bonchev–Trinajstić information content (AvgIpc) is 2.38. The molecular weight excluding hydrogens is 264 g/mol. The van der Waals surface area contributed by atoms with Crippen LogP contribution in [0.3, 0.4) is 0 Å². The summed E-state index contributed by atoms with van der Waals surface area (Å²) in [6.07, 6.45) is 0.229. The Morgan fingerprint density at radius 1 is 1.37 bits per heavy atom. The normalized spacial score (nSPS) is 11.5. The van der Waals surface area contributed by atoms with E-state index in [9.17, 15) is 4.79 Å². The highest BCUT2D eigenvalue weighted by molar-refractivity contribution is 7.80. The van der Waals surface area contributed by atoms with Crippen LogP contribution in [0.25, 0.3) is 0 Å². The molecule has 1 amide bonds. The number of rotatable bonds is 6. The molecule has 1 aromatic rings. The molecule has 0 fully saturated rings. The lowest BCUT2D eigenvalue weighted by atomic mass is 10.1. The molecule has 0 spiro atoms. The SMILES string of the molecule is COc1ccc(CC(=O)NC(C)C(N)=S)cc1OC. The maximum atomic E-state index is 11.8. The summed E-state index contributed by atoms with van der Waals surface area (Å²) in [5.74, 6) is 1.07. The number of benzene rings is 1. The predicted octanol–water partition coefficient (Wildman–Crippen LogP) is 1.04.